The third kappa shape index (κ3) is 4.28. The van der Waals surface area contributed by atoms with E-state index in [0.29, 0.717) is 5.56 Å². The summed E-state index contributed by atoms with van der Waals surface area (Å²) in [4.78, 5) is 20.2. The second-order valence-corrected chi connectivity index (χ2v) is 7.95. The highest BCUT2D eigenvalue weighted by Crippen LogP contribution is 2.27. The number of nitrogens with zero attached hydrogens (tertiary/aromatic N) is 2. The second-order valence-electron chi connectivity index (χ2n) is 7.10. The first-order valence-corrected chi connectivity index (χ1v) is 10.9. The summed E-state index contributed by atoms with van der Waals surface area (Å²) in [5, 5.41) is 11.2. The van der Waals surface area contributed by atoms with Gasteiger partial charge in [-0.15, -0.1) is 11.3 Å². The van der Waals surface area contributed by atoms with Gasteiger partial charge < -0.3 is 10.3 Å². The van der Waals surface area contributed by atoms with Gasteiger partial charge in [-0.2, -0.15) is 5.10 Å². The monoisotopic (exact) mass is 437 g/mol. The molecule has 2 aromatic heterocycles. The van der Waals surface area contributed by atoms with E-state index in [0.717, 1.165) is 38.5 Å². The number of thiazole rings is 1. The largest absolute Gasteiger partial charge is 0.361 e. The van der Waals surface area contributed by atoms with E-state index in [9.17, 15) is 4.79 Å². The maximum Gasteiger partial charge on any atom is 0.271 e. The molecule has 0 aliphatic carbocycles. The summed E-state index contributed by atoms with van der Waals surface area (Å²) in [6.07, 6.45) is 3.50. The van der Waals surface area contributed by atoms with E-state index >= 15 is 0 Å². The number of carbonyl (C=O) groups excluding carboxylic acids is 1. The van der Waals surface area contributed by atoms with Crippen LogP contribution >= 0.6 is 11.3 Å². The zero-order valence-electron chi connectivity index (χ0n) is 16.9. The summed E-state index contributed by atoms with van der Waals surface area (Å²) in [6.45, 7) is 0. The number of nitrogens with one attached hydrogen (secondary N) is 3. The van der Waals surface area contributed by atoms with Crippen LogP contribution in [0.2, 0.25) is 0 Å². The first-order chi connectivity index (χ1) is 15.8. The summed E-state index contributed by atoms with van der Waals surface area (Å²) in [5.41, 5.74) is 7.92. The molecule has 0 aliphatic rings. The first kappa shape index (κ1) is 19.7. The molecule has 6 nitrogen and oxygen atoms in total. The van der Waals surface area contributed by atoms with E-state index in [4.69, 9.17) is 0 Å². The Kier molecular flexibility index (Phi) is 5.47. The van der Waals surface area contributed by atoms with Gasteiger partial charge in [-0.25, -0.2) is 10.4 Å². The predicted octanol–water partition coefficient (Wildman–Crippen LogP) is 5.80. The van der Waals surface area contributed by atoms with Gasteiger partial charge in [0.25, 0.3) is 5.91 Å². The van der Waals surface area contributed by atoms with Gasteiger partial charge in [0, 0.05) is 44.9 Å². The molecule has 5 aromatic rings. The molecule has 0 saturated heterocycles. The molecule has 0 atom stereocenters. The van der Waals surface area contributed by atoms with Gasteiger partial charge in [-0.3, -0.25) is 4.79 Å². The number of hydrazone groups is 1. The quantitative estimate of drug-likeness (QED) is 0.232. The van der Waals surface area contributed by atoms with E-state index in [1.165, 1.54) is 11.3 Å². The molecule has 0 saturated carbocycles. The Morgan fingerprint density at radius 3 is 2.59 bits per heavy atom. The number of hydrogen-bond acceptors (Lipinski definition) is 5. The number of para-hydroxylation sites is 1. The normalized spacial score (nSPS) is 11.1. The Bertz CT molecular complexity index is 1390. The molecule has 3 N–H and O–H groups in total. The van der Waals surface area contributed by atoms with Crippen molar-refractivity contribution in [3.8, 4) is 11.3 Å². The van der Waals surface area contributed by atoms with Crippen LogP contribution in [0.1, 0.15) is 15.9 Å². The van der Waals surface area contributed by atoms with E-state index in [1.54, 1.807) is 18.3 Å². The molecule has 1 amide bonds. The number of anilines is 2. The van der Waals surface area contributed by atoms with Crippen LogP contribution in [0.3, 0.4) is 0 Å². The van der Waals surface area contributed by atoms with Gasteiger partial charge in [-0.05, 0) is 30.3 Å². The van der Waals surface area contributed by atoms with Crippen molar-refractivity contribution >= 4 is 45.2 Å². The van der Waals surface area contributed by atoms with Gasteiger partial charge >= 0.3 is 0 Å². The molecule has 0 bridgehead atoms. The molecule has 156 valence electrons. The second kappa shape index (κ2) is 8.87. The highest BCUT2D eigenvalue weighted by Gasteiger charge is 2.07. The minimum Gasteiger partial charge on any atom is -0.361 e. The Morgan fingerprint density at radius 2 is 1.75 bits per heavy atom. The van der Waals surface area contributed by atoms with Gasteiger partial charge in [0.2, 0.25) is 0 Å². The number of aromatic amines is 1. The molecule has 0 fully saturated rings. The lowest BCUT2D eigenvalue weighted by Crippen LogP contribution is -2.17. The maximum atomic E-state index is 12.4. The minimum atomic E-state index is -0.270. The predicted molar refractivity (Wildman–Crippen MR) is 131 cm³/mol. The zero-order valence-corrected chi connectivity index (χ0v) is 17.8. The molecule has 0 spiro atoms. The van der Waals surface area contributed by atoms with Crippen molar-refractivity contribution in [3.05, 3.63) is 102 Å². The number of H-pyrrole nitrogens is 1. The van der Waals surface area contributed by atoms with Gasteiger partial charge in [0.15, 0.2) is 5.13 Å². The average Bonchev–Trinajstić information content (AvgIpc) is 3.47. The maximum absolute atomic E-state index is 12.4. The van der Waals surface area contributed by atoms with Crippen LogP contribution in [0, 0.1) is 0 Å². The Hall–Kier alpha value is -4.23. The minimum absolute atomic E-state index is 0.270. The number of hydrogen-bond donors (Lipinski definition) is 3. The number of rotatable bonds is 6. The van der Waals surface area contributed by atoms with Crippen LogP contribution in [-0.2, 0) is 0 Å². The van der Waals surface area contributed by atoms with E-state index < -0.39 is 0 Å². The molecule has 0 radical (unpaired) electrons. The van der Waals surface area contributed by atoms with Crippen LogP contribution in [0.5, 0.6) is 0 Å². The molecule has 7 heteroatoms. The van der Waals surface area contributed by atoms with E-state index in [-0.39, 0.29) is 5.91 Å². The highest BCUT2D eigenvalue weighted by atomic mass is 32.1. The molecular weight excluding hydrogens is 418 g/mol. The van der Waals surface area contributed by atoms with Crippen molar-refractivity contribution < 1.29 is 4.79 Å². The lowest BCUT2D eigenvalue weighted by molar-refractivity contribution is 0.0955. The Morgan fingerprint density at radius 1 is 0.969 bits per heavy atom. The van der Waals surface area contributed by atoms with E-state index in [2.05, 4.69) is 25.8 Å². The molecule has 5 rings (SSSR count). The Balaban J connectivity index is 1.21. The lowest BCUT2D eigenvalue weighted by Gasteiger charge is -2.04. The third-order valence-electron chi connectivity index (χ3n) is 4.96. The van der Waals surface area contributed by atoms with Crippen molar-refractivity contribution in [2.45, 2.75) is 0 Å². The van der Waals surface area contributed by atoms with Crippen molar-refractivity contribution in [1.82, 2.24) is 15.4 Å². The van der Waals surface area contributed by atoms with Crippen molar-refractivity contribution in [3.63, 3.8) is 0 Å². The third-order valence-corrected chi connectivity index (χ3v) is 5.72. The highest BCUT2D eigenvalue weighted by molar-refractivity contribution is 7.14. The number of carbonyl (C=O) groups is 1. The molecule has 0 unspecified atom stereocenters. The molecule has 32 heavy (non-hydrogen) atoms. The first-order valence-electron chi connectivity index (χ1n) is 10.0. The van der Waals surface area contributed by atoms with Crippen LogP contribution in [0.15, 0.2) is 95.5 Å². The molecule has 3 aromatic carbocycles. The number of fused-ring (bicyclic) bond motifs is 1. The SMILES string of the molecule is O=C(NN=Cc1c[nH]c2ccccc12)c1ccc(Nc2nc(-c3ccccc3)cs2)cc1. The van der Waals surface area contributed by atoms with Crippen molar-refractivity contribution in [1.29, 1.82) is 0 Å². The fourth-order valence-corrected chi connectivity index (χ4v) is 4.07. The van der Waals surface area contributed by atoms with Crippen molar-refractivity contribution in [2.75, 3.05) is 5.32 Å². The number of benzene rings is 3. The zero-order chi connectivity index (χ0) is 21.8. The lowest BCUT2D eigenvalue weighted by atomic mass is 10.2. The Labute approximate surface area is 188 Å². The molecular formula is C25H19N5OS. The van der Waals surface area contributed by atoms with Gasteiger partial charge in [-0.1, -0.05) is 48.5 Å². The van der Waals surface area contributed by atoms with Gasteiger partial charge in [0.05, 0.1) is 11.9 Å². The van der Waals surface area contributed by atoms with Crippen LogP contribution in [0.25, 0.3) is 22.2 Å². The molecule has 0 aliphatic heterocycles. The smallest absolute Gasteiger partial charge is 0.271 e. The summed E-state index contributed by atoms with van der Waals surface area (Å²) in [6, 6.07) is 25.2. The van der Waals surface area contributed by atoms with Crippen molar-refractivity contribution in [2.24, 2.45) is 5.10 Å². The summed E-state index contributed by atoms with van der Waals surface area (Å²) < 4.78 is 0. The number of aromatic nitrogens is 2. The summed E-state index contributed by atoms with van der Waals surface area (Å²) in [7, 11) is 0. The summed E-state index contributed by atoms with van der Waals surface area (Å²) >= 11 is 1.54. The average molecular weight is 438 g/mol. The van der Waals surface area contributed by atoms with Crippen LogP contribution < -0.4 is 10.7 Å². The van der Waals surface area contributed by atoms with Crippen LogP contribution in [-0.4, -0.2) is 22.1 Å². The van der Waals surface area contributed by atoms with E-state index in [1.807, 2.05) is 78.3 Å². The van der Waals surface area contributed by atoms with Crippen LogP contribution in [0.4, 0.5) is 10.8 Å². The topological polar surface area (TPSA) is 82.2 Å². The fourth-order valence-electron chi connectivity index (χ4n) is 3.33. The number of amides is 1. The standard InChI is InChI=1S/C25H19N5OS/c31-24(30-27-15-19-14-26-22-9-5-4-8-21(19)22)18-10-12-20(13-11-18)28-25-29-23(16-32-25)17-6-2-1-3-7-17/h1-16,26H,(H,28,29)(H,30,31). The van der Waals surface area contributed by atoms with Gasteiger partial charge in [0.1, 0.15) is 0 Å². The molecule has 2 heterocycles. The summed E-state index contributed by atoms with van der Waals surface area (Å²) in [5.74, 6) is -0.270. The fraction of sp³-hybridized carbons (Fsp3) is 0.